The van der Waals surface area contributed by atoms with Crippen molar-refractivity contribution in [2.45, 2.75) is 34.1 Å². The van der Waals surface area contributed by atoms with Crippen molar-refractivity contribution in [2.75, 3.05) is 12.8 Å². The van der Waals surface area contributed by atoms with Gasteiger partial charge in [0.15, 0.2) is 0 Å². The van der Waals surface area contributed by atoms with E-state index in [2.05, 4.69) is 32.4 Å². The molecule has 0 spiro atoms. The molecule has 0 radical (unpaired) electrons. The summed E-state index contributed by atoms with van der Waals surface area (Å²) in [6.07, 6.45) is 2.07. The normalized spacial score (nSPS) is 15.8. The van der Waals surface area contributed by atoms with E-state index in [4.69, 9.17) is 0 Å². The molecule has 3 nitrogen and oxygen atoms in total. The molecule has 13 heavy (non-hydrogen) atoms. The van der Waals surface area contributed by atoms with Gasteiger partial charge in [-0.15, -0.1) is 0 Å². The van der Waals surface area contributed by atoms with Crippen LogP contribution in [0.5, 0.6) is 0 Å². The molecule has 1 N–H and O–H groups in total. The van der Waals surface area contributed by atoms with Crippen LogP contribution in [0.3, 0.4) is 0 Å². The minimum atomic E-state index is -3.02. The van der Waals surface area contributed by atoms with Gasteiger partial charge in [-0.25, -0.2) is 13.1 Å². The minimum absolute atomic E-state index is 0.249. The summed E-state index contributed by atoms with van der Waals surface area (Å²) in [6, 6.07) is 0. The van der Waals surface area contributed by atoms with E-state index in [9.17, 15) is 8.42 Å². The van der Waals surface area contributed by atoms with Gasteiger partial charge in [0.2, 0.25) is 10.0 Å². The average molecular weight is 207 g/mol. The summed E-state index contributed by atoms with van der Waals surface area (Å²) in [5, 5.41) is 0. The van der Waals surface area contributed by atoms with Gasteiger partial charge in [0.1, 0.15) is 0 Å². The fraction of sp³-hybridized carbons (Fsp3) is 1.00. The van der Waals surface area contributed by atoms with E-state index in [1.807, 2.05) is 0 Å². The van der Waals surface area contributed by atoms with Gasteiger partial charge in [-0.05, 0) is 17.8 Å². The highest BCUT2D eigenvalue weighted by molar-refractivity contribution is 7.88. The highest BCUT2D eigenvalue weighted by Crippen LogP contribution is 2.27. The second-order valence-electron chi connectivity index (χ2n) is 4.72. The molecule has 0 bridgehead atoms. The number of rotatable bonds is 4. The third-order valence-corrected chi connectivity index (χ3v) is 3.15. The lowest BCUT2D eigenvalue weighted by atomic mass is 9.80. The molecule has 4 heteroatoms. The van der Waals surface area contributed by atoms with E-state index in [0.29, 0.717) is 12.5 Å². The van der Waals surface area contributed by atoms with Crippen molar-refractivity contribution in [3.63, 3.8) is 0 Å². The van der Waals surface area contributed by atoms with Gasteiger partial charge in [0.25, 0.3) is 0 Å². The summed E-state index contributed by atoms with van der Waals surface area (Å²) in [5.41, 5.74) is 0.249. The van der Waals surface area contributed by atoms with Gasteiger partial charge in [-0.3, -0.25) is 0 Å². The van der Waals surface area contributed by atoms with Crippen molar-refractivity contribution in [3.05, 3.63) is 0 Å². The third-order valence-electron chi connectivity index (χ3n) is 2.42. The van der Waals surface area contributed by atoms with E-state index in [1.54, 1.807) is 0 Å². The SMILES string of the molecule is C[C@H](CCNS(C)(=O)=O)C(C)(C)C. The summed E-state index contributed by atoms with van der Waals surface area (Å²) in [7, 11) is -3.02. The van der Waals surface area contributed by atoms with E-state index in [0.717, 1.165) is 6.42 Å². The first-order valence-corrected chi connectivity index (χ1v) is 6.46. The van der Waals surface area contributed by atoms with Crippen molar-refractivity contribution in [2.24, 2.45) is 11.3 Å². The number of sulfonamides is 1. The number of hydrogen-bond donors (Lipinski definition) is 1. The molecule has 0 saturated heterocycles. The highest BCUT2D eigenvalue weighted by atomic mass is 32.2. The fourth-order valence-corrected chi connectivity index (χ4v) is 1.38. The Morgan fingerprint density at radius 3 is 2.08 bits per heavy atom. The van der Waals surface area contributed by atoms with Crippen LogP contribution in [-0.4, -0.2) is 21.2 Å². The Bertz CT molecular complexity index is 239. The van der Waals surface area contributed by atoms with Crippen molar-refractivity contribution in [1.82, 2.24) is 4.72 Å². The lowest BCUT2D eigenvalue weighted by Gasteiger charge is -2.27. The molecule has 0 amide bonds. The molecule has 1 atom stereocenters. The van der Waals surface area contributed by atoms with Crippen LogP contribution in [-0.2, 0) is 10.0 Å². The van der Waals surface area contributed by atoms with E-state index < -0.39 is 10.0 Å². The molecule has 0 rings (SSSR count). The molecule has 0 heterocycles. The van der Waals surface area contributed by atoms with Crippen molar-refractivity contribution < 1.29 is 8.42 Å². The van der Waals surface area contributed by atoms with Crippen LogP contribution in [0.15, 0.2) is 0 Å². The van der Waals surface area contributed by atoms with Crippen LogP contribution in [0.25, 0.3) is 0 Å². The van der Waals surface area contributed by atoms with E-state index >= 15 is 0 Å². The zero-order valence-corrected chi connectivity index (χ0v) is 10.0. The largest absolute Gasteiger partial charge is 0.215 e. The first-order valence-electron chi connectivity index (χ1n) is 4.57. The first kappa shape index (κ1) is 12.9. The summed E-state index contributed by atoms with van der Waals surface area (Å²) >= 11 is 0. The van der Waals surface area contributed by atoms with Crippen LogP contribution < -0.4 is 4.72 Å². The Kier molecular flexibility index (Phi) is 4.39. The van der Waals surface area contributed by atoms with Crippen LogP contribution in [0.2, 0.25) is 0 Å². The Labute approximate surface area is 82.0 Å². The fourth-order valence-electron chi connectivity index (χ4n) is 0.894. The highest BCUT2D eigenvalue weighted by Gasteiger charge is 2.19. The predicted molar refractivity (Wildman–Crippen MR) is 56.1 cm³/mol. The molecule has 0 aromatic heterocycles. The zero-order chi connectivity index (χ0) is 10.7. The van der Waals surface area contributed by atoms with Crippen LogP contribution in [0.4, 0.5) is 0 Å². The summed E-state index contributed by atoms with van der Waals surface area (Å²) in [6.45, 7) is 9.18. The predicted octanol–water partition coefficient (Wildman–Crippen LogP) is 1.61. The second-order valence-corrected chi connectivity index (χ2v) is 6.56. The smallest absolute Gasteiger partial charge is 0.208 e. The maximum absolute atomic E-state index is 10.8. The molecule has 0 aromatic rings. The second kappa shape index (κ2) is 4.42. The van der Waals surface area contributed by atoms with Crippen LogP contribution in [0.1, 0.15) is 34.1 Å². The molecular weight excluding hydrogens is 186 g/mol. The van der Waals surface area contributed by atoms with Crippen molar-refractivity contribution >= 4 is 10.0 Å². The molecule has 0 aromatic carbocycles. The maximum Gasteiger partial charge on any atom is 0.208 e. The molecular formula is C9H21NO2S. The molecule has 80 valence electrons. The molecule has 0 aliphatic carbocycles. The third kappa shape index (κ3) is 7.02. The lowest BCUT2D eigenvalue weighted by Crippen LogP contribution is -2.27. The maximum atomic E-state index is 10.8. The zero-order valence-electron chi connectivity index (χ0n) is 9.22. The lowest BCUT2D eigenvalue weighted by molar-refractivity contribution is 0.248. The first-order chi connectivity index (χ1) is 5.63. The summed E-state index contributed by atoms with van der Waals surface area (Å²) < 4.78 is 24.0. The number of hydrogen-bond acceptors (Lipinski definition) is 2. The molecule has 0 fully saturated rings. The van der Waals surface area contributed by atoms with Gasteiger partial charge in [0, 0.05) is 6.54 Å². The Morgan fingerprint density at radius 1 is 1.31 bits per heavy atom. The standard InChI is InChI=1S/C9H21NO2S/c1-8(9(2,3)4)6-7-10-13(5,11)12/h8,10H,6-7H2,1-5H3/t8-/m1/s1. The Balaban J connectivity index is 3.80. The van der Waals surface area contributed by atoms with Gasteiger partial charge in [-0.2, -0.15) is 0 Å². The van der Waals surface area contributed by atoms with Crippen LogP contribution >= 0.6 is 0 Å². The van der Waals surface area contributed by atoms with Crippen molar-refractivity contribution in [1.29, 1.82) is 0 Å². The van der Waals surface area contributed by atoms with Gasteiger partial charge in [0.05, 0.1) is 6.26 Å². The van der Waals surface area contributed by atoms with Crippen molar-refractivity contribution in [3.8, 4) is 0 Å². The van der Waals surface area contributed by atoms with E-state index in [1.165, 1.54) is 6.26 Å². The van der Waals surface area contributed by atoms with Gasteiger partial charge < -0.3 is 0 Å². The van der Waals surface area contributed by atoms with Gasteiger partial charge >= 0.3 is 0 Å². The minimum Gasteiger partial charge on any atom is -0.215 e. The monoisotopic (exact) mass is 207 g/mol. The molecule has 0 aliphatic heterocycles. The summed E-state index contributed by atoms with van der Waals surface area (Å²) in [5.74, 6) is 0.516. The Morgan fingerprint density at radius 2 is 1.77 bits per heavy atom. The van der Waals surface area contributed by atoms with Crippen LogP contribution in [0, 0.1) is 11.3 Å². The number of nitrogens with one attached hydrogen (secondary N) is 1. The quantitative estimate of drug-likeness (QED) is 0.761. The van der Waals surface area contributed by atoms with E-state index in [-0.39, 0.29) is 5.41 Å². The average Bonchev–Trinajstić information content (AvgIpc) is 1.82. The molecule has 0 aliphatic rings. The topological polar surface area (TPSA) is 46.2 Å². The molecule has 0 unspecified atom stereocenters. The van der Waals surface area contributed by atoms with Gasteiger partial charge in [-0.1, -0.05) is 27.7 Å². The molecule has 0 saturated carbocycles. The Hall–Kier alpha value is -0.0900. The summed E-state index contributed by atoms with van der Waals surface area (Å²) in [4.78, 5) is 0.